The van der Waals surface area contributed by atoms with Crippen molar-refractivity contribution in [2.24, 2.45) is 0 Å². The largest absolute Gasteiger partial charge is 0.497 e. The van der Waals surface area contributed by atoms with E-state index in [1.807, 2.05) is 48.7 Å². The Morgan fingerprint density at radius 2 is 1.53 bits per heavy atom. The van der Waals surface area contributed by atoms with Gasteiger partial charge in [-0.2, -0.15) is 0 Å². The van der Waals surface area contributed by atoms with Crippen molar-refractivity contribution in [3.63, 3.8) is 0 Å². The second-order valence-electron chi connectivity index (χ2n) is 7.37. The molecule has 0 aliphatic rings. The highest BCUT2D eigenvalue weighted by molar-refractivity contribution is 6.13. The molecule has 0 saturated heterocycles. The minimum Gasteiger partial charge on any atom is -0.497 e. The normalized spacial score (nSPS) is 10.6. The first-order chi connectivity index (χ1) is 14.3. The van der Waals surface area contributed by atoms with Crippen molar-refractivity contribution in [3.05, 3.63) is 82.7 Å². The van der Waals surface area contributed by atoms with Crippen molar-refractivity contribution in [2.45, 2.75) is 20.4 Å². The van der Waals surface area contributed by atoms with Crippen molar-refractivity contribution >= 4 is 17.5 Å². The van der Waals surface area contributed by atoms with Crippen LogP contribution in [0.1, 0.15) is 37.7 Å². The van der Waals surface area contributed by atoms with Crippen LogP contribution >= 0.6 is 0 Å². The number of nitrogens with zero attached hydrogens (tertiary/aromatic N) is 2. The zero-order chi connectivity index (χ0) is 21.8. The van der Waals surface area contributed by atoms with Crippen LogP contribution in [0.4, 0.5) is 5.69 Å². The zero-order valence-electron chi connectivity index (χ0n) is 18.0. The first kappa shape index (κ1) is 21.2. The number of carbonyl (C=O) groups is 2. The van der Waals surface area contributed by atoms with Crippen molar-refractivity contribution in [1.29, 1.82) is 0 Å². The lowest BCUT2D eigenvalue weighted by Crippen LogP contribution is -2.25. The summed E-state index contributed by atoms with van der Waals surface area (Å²) < 4.78 is 7.19. The van der Waals surface area contributed by atoms with Gasteiger partial charge >= 0.3 is 0 Å². The lowest BCUT2D eigenvalue weighted by Gasteiger charge is -2.13. The van der Waals surface area contributed by atoms with E-state index < -0.39 is 0 Å². The molecule has 0 aliphatic carbocycles. The predicted octanol–water partition coefficient (Wildman–Crippen LogP) is 4.12. The van der Waals surface area contributed by atoms with Crippen LogP contribution in [0.5, 0.6) is 5.75 Å². The molecule has 1 aromatic heterocycles. The molecule has 6 nitrogen and oxygen atoms in total. The van der Waals surface area contributed by atoms with Crippen LogP contribution in [0.15, 0.2) is 54.6 Å². The molecule has 2 aromatic carbocycles. The topological polar surface area (TPSA) is 63.6 Å². The van der Waals surface area contributed by atoms with E-state index in [0.29, 0.717) is 29.1 Å². The first-order valence-corrected chi connectivity index (χ1v) is 9.74. The summed E-state index contributed by atoms with van der Waals surface area (Å²) >= 11 is 0. The van der Waals surface area contributed by atoms with Crippen LogP contribution < -0.4 is 10.1 Å². The lowest BCUT2D eigenvalue weighted by molar-refractivity contribution is 0.0821. The second-order valence-corrected chi connectivity index (χ2v) is 7.37. The maximum absolute atomic E-state index is 13.2. The van der Waals surface area contributed by atoms with Gasteiger partial charge in [0.1, 0.15) is 5.75 Å². The van der Waals surface area contributed by atoms with Crippen LogP contribution in [0.3, 0.4) is 0 Å². The molecule has 0 fully saturated rings. The van der Waals surface area contributed by atoms with E-state index in [1.165, 1.54) is 4.90 Å². The van der Waals surface area contributed by atoms with Crippen LogP contribution in [0.2, 0.25) is 0 Å². The van der Waals surface area contributed by atoms with Gasteiger partial charge in [-0.3, -0.25) is 9.59 Å². The summed E-state index contributed by atoms with van der Waals surface area (Å²) in [5, 5.41) is 2.91. The molecule has 2 amide bonds. The Morgan fingerprint density at radius 3 is 2.10 bits per heavy atom. The lowest BCUT2D eigenvalue weighted by atomic mass is 10.1. The molecule has 156 valence electrons. The maximum Gasteiger partial charge on any atom is 0.258 e. The van der Waals surface area contributed by atoms with Crippen molar-refractivity contribution in [1.82, 2.24) is 9.47 Å². The smallest absolute Gasteiger partial charge is 0.258 e. The number of anilines is 1. The number of benzene rings is 2. The van der Waals surface area contributed by atoms with E-state index >= 15 is 0 Å². The molecule has 0 bridgehead atoms. The van der Waals surface area contributed by atoms with E-state index in [1.54, 1.807) is 45.5 Å². The van der Waals surface area contributed by atoms with E-state index in [2.05, 4.69) is 5.32 Å². The monoisotopic (exact) mass is 405 g/mol. The quantitative estimate of drug-likeness (QED) is 0.671. The molecule has 30 heavy (non-hydrogen) atoms. The van der Waals surface area contributed by atoms with E-state index in [0.717, 1.165) is 17.0 Å². The highest BCUT2D eigenvalue weighted by Gasteiger charge is 2.28. The van der Waals surface area contributed by atoms with Gasteiger partial charge in [-0.05, 0) is 43.7 Å². The molecule has 3 rings (SSSR count). The highest BCUT2D eigenvalue weighted by atomic mass is 16.5. The Balaban J connectivity index is 2.03. The summed E-state index contributed by atoms with van der Waals surface area (Å²) in [5.41, 5.74) is 4.10. The Kier molecular flexibility index (Phi) is 6.26. The number of aromatic nitrogens is 1. The van der Waals surface area contributed by atoms with E-state index in [9.17, 15) is 9.59 Å². The van der Waals surface area contributed by atoms with Gasteiger partial charge in [0.05, 0.1) is 18.2 Å². The number of nitrogens with one attached hydrogen (secondary N) is 1. The van der Waals surface area contributed by atoms with Gasteiger partial charge in [0.2, 0.25) is 0 Å². The molecule has 0 unspecified atom stereocenters. The molecule has 3 aromatic rings. The molecule has 0 spiro atoms. The number of rotatable bonds is 6. The first-order valence-electron chi connectivity index (χ1n) is 9.74. The van der Waals surface area contributed by atoms with Gasteiger partial charge in [-0.25, -0.2) is 0 Å². The average Bonchev–Trinajstić information content (AvgIpc) is 2.99. The SMILES string of the molecule is COc1ccc(NC(=O)c2c(C(=O)N(C)C)c(C)n(Cc3ccccc3)c2C)cc1. The van der Waals surface area contributed by atoms with Crippen LogP contribution in [0, 0.1) is 13.8 Å². The molecular weight excluding hydrogens is 378 g/mol. The minimum absolute atomic E-state index is 0.192. The van der Waals surface area contributed by atoms with Crippen LogP contribution in [0.25, 0.3) is 0 Å². The molecule has 1 heterocycles. The van der Waals surface area contributed by atoms with Gasteiger partial charge in [-0.15, -0.1) is 0 Å². The number of methoxy groups -OCH3 is 1. The van der Waals surface area contributed by atoms with E-state index in [-0.39, 0.29) is 11.8 Å². The fourth-order valence-corrected chi connectivity index (χ4v) is 3.52. The Bertz CT molecular complexity index is 1050. The molecule has 0 atom stereocenters. The van der Waals surface area contributed by atoms with Crippen molar-refractivity contribution < 1.29 is 14.3 Å². The number of carbonyl (C=O) groups excluding carboxylic acids is 2. The fourth-order valence-electron chi connectivity index (χ4n) is 3.52. The predicted molar refractivity (Wildman–Crippen MR) is 118 cm³/mol. The van der Waals surface area contributed by atoms with Gasteiger partial charge in [0, 0.05) is 37.7 Å². The Labute approximate surface area is 177 Å². The standard InChI is InChI=1S/C24H27N3O3/c1-16-21(23(28)25-19-11-13-20(30-5)14-12-19)22(24(29)26(3)4)17(2)27(16)15-18-9-7-6-8-10-18/h6-14H,15H2,1-5H3,(H,25,28). The van der Waals surface area contributed by atoms with E-state index in [4.69, 9.17) is 4.74 Å². The number of hydrogen-bond acceptors (Lipinski definition) is 3. The van der Waals surface area contributed by atoms with Crippen LogP contribution in [-0.4, -0.2) is 42.5 Å². The van der Waals surface area contributed by atoms with Crippen molar-refractivity contribution in [2.75, 3.05) is 26.5 Å². The third-order valence-electron chi connectivity index (χ3n) is 5.16. The summed E-state index contributed by atoms with van der Waals surface area (Å²) in [6.07, 6.45) is 0. The number of amides is 2. The van der Waals surface area contributed by atoms with Gasteiger partial charge in [-0.1, -0.05) is 30.3 Å². The highest BCUT2D eigenvalue weighted by Crippen LogP contribution is 2.26. The van der Waals surface area contributed by atoms with Gasteiger partial charge in [0.25, 0.3) is 11.8 Å². The molecule has 0 radical (unpaired) electrons. The Morgan fingerprint density at radius 1 is 0.933 bits per heavy atom. The maximum atomic E-state index is 13.2. The second kappa shape index (κ2) is 8.86. The molecule has 0 aliphatic heterocycles. The summed E-state index contributed by atoms with van der Waals surface area (Å²) in [6, 6.07) is 17.1. The summed E-state index contributed by atoms with van der Waals surface area (Å²) in [7, 11) is 4.97. The fraction of sp³-hybridized carbons (Fsp3) is 0.250. The molecule has 6 heteroatoms. The van der Waals surface area contributed by atoms with Gasteiger partial charge in [0.15, 0.2) is 0 Å². The minimum atomic E-state index is -0.308. The summed E-state index contributed by atoms with van der Waals surface area (Å²) in [5.74, 6) is 0.206. The van der Waals surface area contributed by atoms with Crippen molar-refractivity contribution in [3.8, 4) is 5.75 Å². The summed E-state index contributed by atoms with van der Waals surface area (Å²) in [6.45, 7) is 4.35. The third-order valence-corrected chi connectivity index (χ3v) is 5.16. The summed E-state index contributed by atoms with van der Waals surface area (Å²) in [4.78, 5) is 27.7. The Hall–Kier alpha value is -3.54. The number of ether oxygens (including phenoxy) is 1. The molecule has 0 saturated carbocycles. The number of hydrogen-bond donors (Lipinski definition) is 1. The van der Waals surface area contributed by atoms with Gasteiger partial charge < -0.3 is 19.5 Å². The molecular formula is C24H27N3O3. The zero-order valence-corrected chi connectivity index (χ0v) is 18.0. The average molecular weight is 405 g/mol. The van der Waals surface area contributed by atoms with Crippen LogP contribution in [-0.2, 0) is 6.54 Å². The third kappa shape index (κ3) is 4.22. The molecule has 1 N–H and O–H groups in total.